The maximum absolute atomic E-state index is 6.29. The molecular weight excluding hydrogens is 296 g/mol. The molecule has 1 saturated heterocycles. The Balaban J connectivity index is 1.96. The van der Waals surface area contributed by atoms with Crippen molar-refractivity contribution in [1.82, 2.24) is 0 Å². The first-order chi connectivity index (χ1) is 11.4. The first-order valence-corrected chi connectivity index (χ1v) is 9.68. The van der Waals surface area contributed by atoms with Crippen LogP contribution in [0.2, 0.25) is 0 Å². The minimum atomic E-state index is 0.0974. The Kier molecular flexibility index (Phi) is 5.22. The third-order valence-electron chi connectivity index (χ3n) is 6.02. The second kappa shape index (κ2) is 7.05. The summed E-state index contributed by atoms with van der Waals surface area (Å²) in [7, 11) is 0. The first kappa shape index (κ1) is 17.8. The predicted molar refractivity (Wildman–Crippen MR) is 102 cm³/mol. The average molecular weight is 331 g/mol. The second-order valence-corrected chi connectivity index (χ2v) is 8.35. The molecule has 0 aromatic heterocycles. The Morgan fingerprint density at radius 1 is 1.29 bits per heavy atom. The summed E-state index contributed by atoms with van der Waals surface area (Å²) in [4.78, 5) is 2.63. The highest BCUT2D eigenvalue weighted by Gasteiger charge is 2.33. The van der Waals surface area contributed by atoms with Gasteiger partial charge in [-0.3, -0.25) is 0 Å². The fraction of sp³-hybridized carbons (Fsp3) is 0.714. The number of rotatable bonds is 4. The summed E-state index contributed by atoms with van der Waals surface area (Å²) in [5, 5.41) is 0. The number of benzene rings is 1. The molecule has 1 aromatic carbocycles. The molecule has 1 unspecified atom stereocenters. The van der Waals surface area contributed by atoms with E-state index in [1.54, 1.807) is 0 Å². The highest BCUT2D eigenvalue weighted by atomic mass is 16.5. The lowest BCUT2D eigenvalue weighted by Crippen LogP contribution is -2.41. The molecule has 0 radical (unpaired) electrons. The number of anilines is 1. The molecule has 1 fully saturated rings. The van der Waals surface area contributed by atoms with Crippen LogP contribution in [0.25, 0.3) is 0 Å². The lowest BCUT2D eigenvalue weighted by Gasteiger charge is -2.43. The molecule has 2 N–H and O–H groups in total. The van der Waals surface area contributed by atoms with E-state index in [9.17, 15) is 0 Å². The Labute approximate surface area is 147 Å². The molecule has 0 spiro atoms. The molecule has 0 saturated carbocycles. The van der Waals surface area contributed by atoms with Crippen LogP contribution in [-0.2, 0) is 16.6 Å². The largest absolute Gasteiger partial charge is 0.381 e. The van der Waals surface area contributed by atoms with E-state index >= 15 is 0 Å². The fourth-order valence-electron chi connectivity index (χ4n) is 4.28. The number of nitrogens with two attached hydrogens (primary N) is 1. The van der Waals surface area contributed by atoms with Crippen molar-refractivity contribution < 1.29 is 4.74 Å². The van der Waals surface area contributed by atoms with Crippen molar-refractivity contribution in [1.29, 1.82) is 0 Å². The molecule has 2 heterocycles. The van der Waals surface area contributed by atoms with Crippen LogP contribution in [0.1, 0.15) is 69.7 Å². The van der Waals surface area contributed by atoms with Crippen LogP contribution >= 0.6 is 0 Å². The zero-order valence-electron chi connectivity index (χ0n) is 15.9. The van der Waals surface area contributed by atoms with Gasteiger partial charge in [0.15, 0.2) is 0 Å². The van der Waals surface area contributed by atoms with E-state index in [0.717, 1.165) is 38.6 Å². The standard InChI is InChI=1S/C21H34N2O/c1-5-17-12-19-20(13-18(17)15(2)22)23(9-8-21(19,3)4)14-16-6-10-24-11-7-16/h12-13,15-16H,5-11,14,22H2,1-4H3. The molecule has 2 aliphatic heterocycles. The summed E-state index contributed by atoms with van der Waals surface area (Å²) < 4.78 is 5.54. The molecule has 0 bridgehead atoms. The van der Waals surface area contributed by atoms with Crippen molar-refractivity contribution >= 4 is 5.69 Å². The number of hydrogen-bond donors (Lipinski definition) is 1. The molecule has 0 aliphatic carbocycles. The van der Waals surface area contributed by atoms with Crippen LogP contribution in [0.5, 0.6) is 0 Å². The molecule has 134 valence electrons. The zero-order chi connectivity index (χ0) is 17.3. The van der Waals surface area contributed by atoms with Crippen molar-refractivity contribution in [2.24, 2.45) is 11.7 Å². The summed E-state index contributed by atoms with van der Waals surface area (Å²) >= 11 is 0. The zero-order valence-corrected chi connectivity index (χ0v) is 15.9. The average Bonchev–Trinajstić information content (AvgIpc) is 2.57. The predicted octanol–water partition coefficient (Wildman–Crippen LogP) is 4.18. The lowest BCUT2D eigenvalue weighted by molar-refractivity contribution is 0.0680. The van der Waals surface area contributed by atoms with Gasteiger partial charge < -0.3 is 15.4 Å². The van der Waals surface area contributed by atoms with Crippen LogP contribution in [-0.4, -0.2) is 26.3 Å². The Hall–Kier alpha value is -1.06. The summed E-state index contributed by atoms with van der Waals surface area (Å²) in [6.45, 7) is 13.3. The first-order valence-electron chi connectivity index (χ1n) is 9.68. The summed E-state index contributed by atoms with van der Waals surface area (Å²) in [6, 6.07) is 4.95. The number of nitrogens with zero attached hydrogens (tertiary/aromatic N) is 1. The van der Waals surface area contributed by atoms with Crippen molar-refractivity contribution in [3.05, 3.63) is 28.8 Å². The van der Waals surface area contributed by atoms with Crippen LogP contribution < -0.4 is 10.6 Å². The van der Waals surface area contributed by atoms with E-state index in [0.29, 0.717) is 0 Å². The van der Waals surface area contributed by atoms with Gasteiger partial charge in [0.25, 0.3) is 0 Å². The van der Waals surface area contributed by atoms with Gasteiger partial charge in [-0.15, -0.1) is 0 Å². The topological polar surface area (TPSA) is 38.5 Å². The van der Waals surface area contributed by atoms with Crippen molar-refractivity contribution in [3.8, 4) is 0 Å². The number of fused-ring (bicyclic) bond motifs is 1. The van der Waals surface area contributed by atoms with Crippen molar-refractivity contribution in [2.45, 2.75) is 64.8 Å². The Bertz CT molecular complexity index is 573. The summed E-state index contributed by atoms with van der Waals surface area (Å²) in [5.74, 6) is 0.761. The van der Waals surface area contributed by atoms with E-state index in [4.69, 9.17) is 10.5 Å². The van der Waals surface area contributed by atoms with Crippen LogP contribution in [0.15, 0.2) is 12.1 Å². The minimum absolute atomic E-state index is 0.0974. The van der Waals surface area contributed by atoms with Gasteiger partial charge in [0.1, 0.15) is 0 Å². The van der Waals surface area contributed by atoms with Gasteiger partial charge in [-0.25, -0.2) is 0 Å². The highest BCUT2D eigenvalue weighted by molar-refractivity contribution is 5.62. The normalized spacial score (nSPS) is 22.3. The molecule has 2 aliphatic rings. The minimum Gasteiger partial charge on any atom is -0.381 e. The number of hydrogen-bond acceptors (Lipinski definition) is 3. The number of ether oxygens (including phenoxy) is 1. The quantitative estimate of drug-likeness (QED) is 0.900. The van der Waals surface area contributed by atoms with E-state index in [-0.39, 0.29) is 11.5 Å². The molecule has 24 heavy (non-hydrogen) atoms. The third kappa shape index (κ3) is 3.48. The maximum Gasteiger partial charge on any atom is 0.0469 e. The molecule has 3 heteroatoms. The van der Waals surface area contributed by atoms with Gasteiger partial charge in [0.2, 0.25) is 0 Å². The van der Waals surface area contributed by atoms with Crippen LogP contribution in [0.3, 0.4) is 0 Å². The third-order valence-corrected chi connectivity index (χ3v) is 6.02. The van der Waals surface area contributed by atoms with Gasteiger partial charge >= 0.3 is 0 Å². The lowest BCUT2D eigenvalue weighted by atomic mass is 9.75. The van der Waals surface area contributed by atoms with Gasteiger partial charge in [0, 0.05) is 38.0 Å². The van der Waals surface area contributed by atoms with E-state index in [2.05, 4.69) is 44.7 Å². The van der Waals surface area contributed by atoms with Gasteiger partial charge in [-0.2, -0.15) is 0 Å². The molecule has 3 nitrogen and oxygen atoms in total. The van der Waals surface area contributed by atoms with E-state index in [1.165, 1.54) is 41.6 Å². The molecular formula is C21H34N2O. The monoisotopic (exact) mass is 330 g/mol. The molecule has 1 atom stereocenters. The SMILES string of the molecule is CCc1cc2c(cc1C(C)N)N(CC1CCOCC1)CCC2(C)C. The van der Waals surface area contributed by atoms with Gasteiger partial charge in [-0.05, 0) is 66.7 Å². The summed E-state index contributed by atoms with van der Waals surface area (Å²) in [6.07, 6.45) is 4.68. The summed E-state index contributed by atoms with van der Waals surface area (Å²) in [5.41, 5.74) is 12.2. The number of aryl methyl sites for hydroxylation is 1. The second-order valence-electron chi connectivity index (χ2n) is 8.35. The maximum atomic E-state index is 6.29. The van der Waals surface area contributed by atoms with Gasteiger partial charge in [0.05, 0.1) is 0 Å². The smallest absolute Gasteiger partial charge is 0.0469 e. The van der Waals surface area contributed by atoms with E-state index in [1.807, 2.05) is 0 Å². The highest BCUT2D eigenvalue weighted by Crippen LogP contribution is 2.42. The van der Waals surface area contributed by atoms with Crippen molar-refractivity contribution in [2.75, 3.05) is 31.2 Å². The molecule has 3 rings (SSSR count). The van der Waals surface area contributed by atoms with Crippen LogP contribution in [0.4, 0.5) is 5.69 Å². The van der Waals surface area contributed by atoms with Gasteiger partial charge in [-0.1, -0.05) is 26.8 Å². The van der Waals surface area contributed by atoms with E-state index < -0.39 is 0 Å². The molecule has 1 aromatic rings. The molecule has 0 amide bonds. The van der Waals surface area contributed by atoms with Crippen molar-refractivity contribution in [3.63, 3.8) is 0 Å². The van der Waals surface area contributed by atoms with Crippen LogP contribution in [0, 0.1) is 5.92 Å². The fourth-order valence-corrected chi connectivity index (χ4v) is 4.28. The Morgan fingerprint density at radius 3 is 2.62 bits per heavy atom. The Morgan fingerprint density at radius 2 is 2.00 bits per heavy atom.